The number of hydrogen-bond donors (Lipinski definition) is 0. The Morgan fingerprint density at radius 2 is 1.91 bits per heavy atom. The third kappa shape index (κ3) is 3.54. The molecule has 22 heavy (non-hydrogen) atoms. The molecule has 114 valence electrons. The van der Waals surface area contributed by atoms with Crippen molar-refractivity contribution in [2.45, 2.75) is 11.8 Å². The fraction of sp³-hybridized carbons (Fsp3) is 0.235. The maximum absolute atomic E-state index is 12.0. The average Bonchev–Trinajstić information content (AvgIpc) is 2.54. The summed E-state index contributed by atoms with van der Waals surface area (Å²) in [5, 5.41) is 0. The van der Waals surface area contributed by atoms with Crippen molar-refractivity contribution in [2.24, 2.45) is 0 Å². The number of rotatable bonds is 4. The molecule has 0 amide bonds. The van der Waals surface area contributed by atoms with Gasteiger partial charge in [-0.25, -0.2) is 0 Å². The number of esters is 1. The molecule has 0 saturated carbocycles. The van der Waals surface area contributed by atoms with Crippen LogP contribution in [-0.4, -0.2) is 24.9 Å². The molecule has 0 saturated heterocycles. The zero-order chi connectivity index (χ0) is 15.4. The smallest absolute Gasteiger partial charge is 0.321 e. The zero-order valence-electron chi connectivity index (χ0n) is 12.2. The highest BCUT2D eigenvalue weighted by atomic mass is 32.2. The first kappa shape index (κ1) is 14.8. The minimum Gasteiger partial charge on any atom is -0.486 e. The van der Waals surface area contributed by atoms with E-state index in [1.807, 2.05) is 31.2 Å². The molecule has 1 heterocycles. The number of ether oxygens (including phenoxy) is 3. The van der Waals surface area contributed by atoms with Crippen LogP contribution in [0.5, 0.6) is 17.2 Å². The van der Waals surface area contributed by atoms with Crippen molar-refractivity contribution in [1.29, 1.82) is 0 Å². The number of benzene rings is 2. The van der Waals surface area contributed by atoms with Crippen LogP contribution in [0.4, 0.5) is 0 Å². The van der Waals surface area contributed by atoms with Gasteiger partial charge in [0.1, 0.15) is 19.0 Å². The number of carbonyl (C=O) groups excluding carboxylic acids is 1. The summed E-state index contributed by atoms with van der Waals surface area (Å²) in [6.07, 6.45) is 0. The maximum Gasteiger partial charge on any atom is 0.321 e. The molecule has 0 radical (unpaired) electrons. The Morgan fingerprint density at radius 3 is 2.73 bits per heavy atom. The molecule has 0 aliphatic carbocycles. The first-order valence-electron chi connectivity index (χ1n) is 7.01. The van der Waals surface area contributed by atoms with Gasteiger partial charge in [-0.2, -0.15) is 0 Å². The standard InChI is InChI=1S/C17H16O4S/c1-12-4-2-3-5-16(12)22-11-17(18)21-13-6-7-14-15(10-13)20-9-8-19-14/h2-7,10H,8-9,11H2,1H3. The van der Waals surface area contributed by atoms with Crippen molar-refractivity contribution < 1.29 is 19.0 Å². The quantitative estimate of drug-likeness (QED) is 0.491. The molecule has 0 unspecified atom stereocenters. The van der Waals surface area contributed by atoms with Gasteiger partial charge in [0, 0.05) is 11.0 Å². The van der Waals surface area contributed by atoms with Crippen LogP contribution in [-0.2, 0) is 4.79 Å². The summed E-state index contributed by atoms with van der Waals surface area (Å²) < 4.78 is 16.2. The monoisotopic (exact) mass is 316 g/mol. The van der Waals surface area contributed by atoms with E-state index in [2.05, 4.69) is 0 Å². The topological polar surface area (TPSA) is 44.8 Å². The average molecular weight is 316 g/mol. The summed E-state index contributed by atoms with van der Waals surface area (Å²) in [5.41, 5.74) is 1.15. The Balaban J connectivity index is 1.59. The lowest BCUT2D eigenvalue weighted by atomic mass is 10.2. The number of carbonyl (C=O) groups is 1. The molecule has 2 aromatic carbocycles. The summed E-state index contributed by atoms with van der Waals surface area (Å²) >= 11 is 1.47. The first-order valence-corrected chi connectivity index (χ1v) is 8.00. The molecule has 0 N–H and O–H groups in total. The highest BCUT2D eigenvalue weighted by Gasteiger charge is 2.14. The van der Waals surface area contributed by atoms with Crippen LogP contribution in [0.15, 0.2) is 47.4 Å². The van der Waals surface area contributed by atoms with Crippen molar-refractivity contribution in [3.05, 3.63) is 48.0 Å². The molecule has 0 aromatic heterocycles. The summed E-state index contributed by atoms with van der Waals surface area (Å²) in [6.45, 7) is 3.07. The fourth-order valence-electron chi connectivity index (χ4n) is 2.10. The number of fused-ring (bicyclic) bond motifs is 1. The van der Waals surface area contributed by atoms with E-state index in [-0.39, 0.29) is 11.7 Å². The molecular formula is C17H16O4S. The van der Waals surface area contributed by atoms with Crippen molar-refractivity contribution in [3.63, 3.8) is 0 Å². The minimum absolute atomic E-state index is 0.263. The van der Waals surface area contributed by atoms with Crippen molar-refractivity contribution >= 4 is 17.7 Å². The second-order valence-electron chi connectivity index (χ2n) is 4.83. The van der Waals surface area contributed by atoms with E-state index >= 15 is 0 Å². The third-order valence-corrected chi connectivity index (χ3v) is 4.33. The minimum atomic E-state index is -0.287. The fourth-order valence-corrected chi connectivity index (χ4v) is 2.91. The highest BCUT2D eigenvalue weighted by molar-refractivity contribution is 8.00. The Hall–Kier alpha value is -2.14. The lowest BCUT2D eigenvalue weighted by Gasteiger charge is -2.18. The van der Waals surface area contributed by atoms with Crippen LogP contribution in [0.3, 0.4) is 0 Å². The predicted octanol–water partition coefficient (Wildman–Crippen LogP) is 3.46. The third-order valence-electron chi connectivity index (χ3n) is 3.18. The molecule has 2 aromatic rings. The van der Waals surface area contributed by atoms with Crippen molar-refractivity contribution in [1.82, 2.24) is 0 Å². The lowest BCUT2D eigenvalue weighted by molar-refractivity contribution is -0.131. The Kier molecular flexibility index (Phi) is 4.53. The van der Waals surface area contributed by atoms with E-state index in [1.165, 1.54) is 11.8 Å². The molecule has 0 spiro atoms. The van der Waals surface area contributed by atoms with Gasteiger partial charge in [0.05, 0.1) is 5.75 Å². The van der Waals surface area contributed by atoms with Gasteiger partial charge < -0.3 is 14.2 Å². The van der Waals surface area contributed by atoms with Crippen LogP contribution < -0.4 is 14.2 Å². The van der Waals surface area contributed by atoms with Crippen molar-refractivity contribution in [3.8, 4) is 17.2 Å². The van der Waals surface area contributed by atoms with Gasteiger partial charge in [-0.3, -0.25) is 4.79 Å². The Morgan fingerprint density at radius 1 is 1.14 bits per heavy atom. The van der Waals surface area contributed by atoms with Crippen LogP contribution in [0.2, 0.25) is 0 Å². The van der Waals surface area contributed by atoms with Crippen LogP contribution >= 0.6 is 11.8 Å². The SMILES string of the molecule is Cc1ccccc1SCC(=O)Oc1ccc2c(c1)OCCO2. The molecule has 0 fully saturated rings. The highest BCUT2D eigenvalue weighted by Crippen LogP contribution is 2.33. The molecule has 4 nitrogen and oxygen atoms in total. The lowest BCUT2D eigenvalue weighted by Crippen LogP contribution is -2.16. The summed E-state index contributed by atoms with van der Waals surface area (Å²) in [5.74, 6) is 1.74. The summed E-state index contributed by atoms with van der Waals surface area (Å²) in [7, 11) is 0. The molecule has 3 rings (SSSR count). The van der Waals surface area contributed by atoms with E-state index in [0.717, 1.165) is 10.5 Å². The predicted molar refractivity (Wildman–Crippen MR) is 85.0 cm³/mol. The zero-order valence-corrected chi connectivity index (χ0v) is 13.0. The number of thioether (sulfide) groups is 1. The van der Waals surface area contributed by atoms with Gasteiger partial charge in [0.25, 0.3) is 0 Å². The first-order chi connectivity index (χ1) is 10.7. The Bertz CT molecular complexity index is 684. The van der Waals surface area contributed by atoms with E-state index in [9.17, 15) is 4.79 Å². The summed E-state index contributed by atoms with van der Waals surface area (Å²) in [4.78, 5) is 13.0. The number of hydrogen-bond acceptors (Lipinski definition) is 5. The molecular weight excluding hydrogens is 300 g/mol. The molecule has 0 bridgehead atoms. The molecule has 1 aliphatic rings. The van der Waals surface area contributed by atoms with E-state index in [0.29, 0.717) is 30.5 Å². The largest absolute Gasteiger partial charge is 0.486 e. The number of aryl methyl sites for hydroxylation is 1. The van der Waals surface area contributed by atoms with Gasteiger partial charge in [0.15, 0.2) is 11.5 Å². The Labute approximate surface area is 133 Å². The van der Waals surface area contributed by atoms with E-state index in [1.54, 1.807) is 18.2 Å². The van der Waals surface area contributed by atoms with Gasteiger partial charge in [0.2, 0.25) is 0 Å². The second-order valence-corrected chi connectivity index (χ2v) is 5.85. The summed E-state index contributed by atoms with van der Waals surface area (Å²) in [6, 6.07) is 13.1. The van der Waals surface area contributed by atoms with Gasteiger partial charge in [-0.05, 0) is 30.7 Å². The van der Waals surface area contributed by atoms with Crippen molar-refractivity contribution in [2.75, 3.05) is 19.0 Å². The molecule has 1 aliphatic heterocycles. The van der Waals surface area contributed by atoms with Crippen LogP contribution in [0.1, 0.15) is 5.56 Å². The van der Waals surface area contributed by atoms with E-state index < -0.39 is 0 Å². The molecule has 5 heteroatoms. The van der Waals surface area contributed by atoms with Gasteiger partial charge in [-0.1, -0.05) is 18.2 Å². The van der Waals surface area contributed by atoms with Crippen LogP contribution in [0.25, 0.3) is 0 Å². The van der Waals surface area contributed by atoms with E-state index in [4.69, 9.17) is 14.2 Å². The van der Waals surface area contributed by atoms with Gasteiger partial charge >= 0.3 is 5.97 Å². The van der Waals surface area contributed by atoms with Crippen LogP contribution in [0, 0.1) is 6.92 Å². The maximum atomic E-state index is 12.0. The second kappa shape index (κ2) is 6.75. The normalized spacial score (nSPS) is 12.8. The molecule has 0 atom stereocenters. The van der Waals surface area contributed by atoms with Gasteiger partial charge in [-0.15, -0.1) is 11.8 Å².